The van der Waals surface area contributed by atoms with Gasteiger partial charge in [0, 0.05) is 12.7 Å². The molecule has 0 saturated carbocycles. The zero-order valence-corrected chi connectivity index (χ0v) is 10.8. The number of anilines is 2. The van der Waals surface area contributed by atoms with E-state index in [1.54, 1.807) is 14.0 Å². The summed E-state index contributed by atoms with van der Waals surface area (Å²) in [6.45, 7) is 1.77. The summed E-state index contributed by atoms with van der Waals surface area (Å²) in [6.07, 6.45) is 0. The highest BCUT2D eigenvalue weighted by atomic mass is 32.1. The van der Waals surface area contributed by atoms with Crippen molar-refractivity contribution in [1.29, 1.82) is 0 Å². The lowest BCUT2D eigenvalue weighted by Crippen LogP contribution is -2.13. The lowest BCUT2D eigenvalue weighted by Gasteiger charge is -2.06. The van der Waals surface area contributed by atoms with Gasteiger partial charge in [-0.3, -0.25) is 4.79 Å². The van der Waals surface area contributed by atoms with Gasteiger partial charge in [0.25, 0.3) is 5.91 Å². The molecule has 0 spiro atoms. The Bertz CT molecular complexity index is 565. The maximum atomic E-state index is 12.7. The van der Waals surface area contributed by atoms with Crippen LogP contribution in [0.3, 0.4) is 0 Å². The molecule has 0 aliphatic rings. The third-order valence-corrected chi connectivity index (χ3v) is 3.37. The van der Waals surface area contributed by atoms with Crippen LogP contribution >= 0.6 is 11.5 Å². The van der Waals surface area contributed by atoms with Crippen LogP contribution in [0.1, 0.15) is 16.1 Å². The monoisotopic (exact) mass is 265 g/mol. The number of benzene rings is 1. The molecule has 1 amide bonds. The van der Waals surface area contributed by atoms with Crippen LogP contribution in [-0.2, 0) is 0 Å². The van der Waals surface area contributed by atoms with E-state index in [1.165, 1.54) is 35.8 Å². The van der Waals surface area contributed by atoms with Crippen molar-refractivity contribution in [2.75, 3.05) is 17.7 Å². The molecule has 2 N–H and O–H groups in total. The second kappa shape index (κ2) is 5.14. The first-order chi connectivity index (χ1) is 8.61. The molecular formula is C12H12FN3OS. The summed E-state index contributed by atoms with van der Waals surface area (Å²) in [7, 11) is 1.74. The molecule has 1 heterocycles. The first-order valence-electron chi connectivity index (χ1n) is 5.32. The number of carbonyl (C=O) groups is 1. The van der Waals surface area contributed by atoms with Crippen LogP contribution in [0, 0.1) is 12.7 Å². The predicted octanol–water partition coefficient (Wildman–Crippen LogP) is 2.88. The average Bonchev–Trinajstić information content (AvgIpc) is 2.73. The van der Waals surface area contributed by atoms with Crippen LogP contribution < -0.4 is 10.6 Å². The van der Waals surface area contributed by atoms with Gasteiger partial charge in [-0.15, -0.1) is 0 Å². The molecule has 1 aromatic heterocycles. The van der Waals surface area contributed by atoms with E-state index >= 15 is 0 Å². The number of hydrogen-bond donors (Lipinski definition) is 2. The molecule has 0 radical (unpaired) electrons. The zero-order chi connectivity index (χ0) is 13.1. The molecule has 4 nitrogen and oxygen atoms in total. The molecule has 0 fully saturated rings. The Kier molecular flexibility index (Phi) is 3.57. The number of halogens is 1. The fourth-order valence-electron chi connectivity index (χ4n) is 1.53. The SMILES string of the molecule is CNc1snc(C)c1C(=O)Nc1ccc(F)cc1. The number of nitrogens with one attached hydrogen (secondary N) is 2. The molecule has 2 rings (SSSR count). The lowest BCUT2D eigenvalue weighted by atomic mass is 10.2. The van der Waals surface area contributed by atoms with Crippen molar-refractivity contribution in [2.24, 2.45) is 0 Å². The second-order valence-corrected chi connectivity index (χ2v) is 4.46. The van der Waals surface area contributed by atoms with Crippen molar-refractivity contribution in [1.82, 2.24) is 4.37 Å². The van der Waals surface area contributed by atoms with E-state index in [0.29, 0.717) is 21.9 Å². The van der Waals surface area contributed by atoms with Crippen molar-refractivity contribution >= 4 is 28.1 Å². The molecule has 2 aromatic rings. The minimum atomic E-state index is -0.336. The van der Waals surface area contributed by atoms with Crippen LogP contribution in [-0.4, -0.2) is 17.3 Å². The van der Waals surface area contributed by atoms with Gasteiger partial charge < -0.3 is 10.6 Å². The second-order valence-electron chi connectivity index (χ2n) is 3.68. The Labute approximate surface area is 108 Å². The summed E-state index contributed by atoms with van der Waals surface area (Å²) in [6, 6.07) is 5.63. The van der Waals surface area contributed by atoms with Crippen LogP contribution in [0.15, 0.2) is 24.3 Å². The number of aryl methyl sites for hydroxylation is 1. The van der Waals surface area contributed by atoms with Gasteiger partial charge in [-0.25, -0.2) is 4.39 Å². The third kappa shape index (κ3) is 2.48. The number of carbonyl (C=O) groups excluding carboxylic acids is 1. The van der Waals surface area contributed by atoms with Crippen molar-refractivity contribution in [3.63, 3.8) is 0 Å². The van der Waals surface area contributed by atoms with Crippen LogP contribution in [0.25, 0.3) is 0 Å². The Morgan fingerprint density at radius 1 is 1.33 bits per heavy atom. The largest absolute Gasteiger partial charge is 0.378 e. The van der Waals surface area contributed by atoms with E-state index in [4.69, 9.17) is 0 Å². The van der Waals surface area contributed by atoms with E-state index in [9.17, 15) is 9.18 Å². The number of rotatable bonds is 3. The Balaban J connectivity index is 2.21. The van der Waals surface area contributed by atoms with Crippen molar-refractivity contribution in [3.05, 3.63) is 41.3 Å². The first kappa shape index (κ1) is 12.5. The average molecular weight is 265 g/mol. The highest BCUT2D eigenvalue weighted by molar-refractivity contribution is 7.10. The van der Waals surface area contributed by atoms with Gasteiger partial charge in [0.15, 0.2) is 0 Å². The van der Waals surface area contributed by atoms with Gasteiger partial charge in [0.05, 0.1) is 11.3 Å². The summed E-state index contributed by atoms with van der Waals surface area (Å²) in [4.78, 5) is 12.1. The quantitative estimate of drug-likeness (QED) is 0.897. The molecule has 0 unspecified atom stereocenters. The normalized spacial score (nSPS) is 10.2. The van der Waals surface area contributed by atoms with E-state index < -0.39 is 0 Å². The van der Waals surface area contributed by atoms with E-state index in [-0.39, 0.29) is 11.7 Å². The van der Waals surface area contributed by atoms with Gasteiger partial charge in [0.1, 0.15) is 10.8 Å². The highest BCUT2D eigenvalue weighted by Gasteiger charge is 2.17. The molecule has 1 aromatic carbocycles. The van der Waals surface area contributed by atoms with E-state index in [2.05, 4.69) is 15.0 Å². The number of amides is 1. The van der Waals surface area contributed by atoms with Gasteiger partial charge in [-0.05, 0) is 42.7 Å². The van der Waals surface area contributed by atoms with Crippen LogP contribution in [0.4, 0.5) is 15.1 Å². The smallest absolute Gasteiger partial charge is 0.260 e. The molecule has 18 heavy (non-hydrogen) atoms. The molecule has 0 atom stereocenters. The van der Waals surface area contributed by atoms with E-state index in [0.717, 1.165) is 0 Å². The zero-order valence-electron chi connectivity index (χ0n) is 9.95. The molecular weight excluding hydrogens is 253 g/mol. The van der Waals surface area contributed by atoms with Gasteiger partial charge in [-0.2, -0.15) is 4.37 Å². The lowest BCUT2D eigenvalue weighted by molar-refractivity contribution is 0.102. The Hall–Kier alpha value is -1.95. The molecule has 0 saturated heterocycles. The van der Waals surface area contributed by atoms with Crippen molar-refractivity contribution in [2.45, 2.75) is 6.92 Å². The fraction of sp³-hybridized carbons (Fsp3) is 0.167. The summed E-state index contributed by atoms with van der Waals surface area (Å²) in [5.41, 5.74) is 1.74. The molecule has 0 aliphatic heterocycles. The highest BCUT2D eigenvalue weighted by Crippen LogP contribution is 2.24. The fourth-order valence-corrected chi connectivity index (χ4v) is 2.28. The number of hydrogen-bond acceptors (Lipinski definition) is 4. The summed E-state index contributed by atoms with van der Waals surface area (Å²) < 4.78 is 16.9. The molecule has 0 bridgehead atoms. The third-order valence-electron chi connectivity index (χ3n) is 2.42. The van der Waals surface area contributed by atoms with Gasteiger partial charge in [0.2, 0.25) is 0 Å². The Morgan fingerprint density at radius 2 is 2.00 bits per heavy atom. The minimum Gasteiger partial charge on any atom is -0.378 e. The van der Waals surface area contributed by atoms with Crippen LogP contribution in [0.2, 0.25) is 0 Å². The first-order valence-corrected chi connectivity index (χ1v) is 6.10. The standard InChI is InChI=1S/C12H12FN3OS/c1-7-10(12(14-2)18-16-7)11(17)15-9-5-3-8(13)4-6-9/h3-6,14H,1-2H3,(H,15,17). The number of aromatic nitrogens is 1. The maximum Gasteiger partial charge on any atom is 0.260 e. The number of nitrogens with zero attached hydrogens (tertiary/aromatic N) is 1. The van der Waals surface area contributed by atoms with Gasteiger partial charge >= 0.3 is 0 Å². The molecule has 0 aliphatic carbocycles. The molecule has 6 heteroatoms. The van der Waals surface area contributed by atoms with Gasteiger partial charge in [-0.1, -0.05) is 0 Å². The Morgan fingerprint density at radius 3 is 2.61 bits per heavy atom. The van der Waals surface area contributed by atoms with E-state index in [1.807, 2.05) is 0 Å². The van der Waals surface area contributed by atoms with Crippen molar-refractivity contribution < 1.29 is 9.18 Å². The summed E-state index contributed by atoms with van der Waals surface area (Å²) in [5.74, 6) is -0.588. The van der Waals surface area contributed by atoms with Crippen molar-refractivity contribution in [3.8, 4) is 0 Å². The minimum absolute atomic E-state index is 0.253. The molecule has 94 valence electrons. The predicted molar refractivity (Wildman–Crippen MR) is 70.8 cm³/mol. The van der Waals surface area contributed by atoms with Crippen LogP contribution in [0.5, 0.6) is 0 Å². The topological polar surface area (TPSA) is 54.0 Å². The summed E-state index contributed by atoms with van der Waals surface area (Å²) >= 11 is 1.24. The summed E-state index contributed by atoms with van der Waals surface area (Å²) in [5, 5.41) is 6.35. The maximum absolute atomic E-state index is 12.7.